The van der Waals surface area contributed by atoms with E-state index in [1.165, 1.54) is 0 Å². The predicted octanol–water partition coefficient (Wildman–Crippen LogP) is 5.73. The molecule has 22 heavy (non-hydrogen) atoms. The van der Waals surface area contributed by atoms with Crippen LogP contribution in [0, 0.1) is 0 Å². The number of hydrogen-bond donors (Lipinski definition) is 0. The molecule has 0 bridgehead atoms. The summed E-state index contributed by atoms with van der Waals surface area (Å²) in [6, 6.07) is 15.6. The molecule has 0 aliphatic carbocycles. The number of hydrogen-bond acceptors (Lipinski definition) is 2. The molecule has 0 aromatic heterocycles. The minimum atomic E-state index is 0.0493. The summed E-state index contributed by atoms with van der Waals surface area (Å²) in [5.41, 5.74) is 10.1. The second-order valence-electron chi connectivity index (χ2n) is 5.37. The van der Waals surface area contributed by atoms with Crippen molar-refractivity contribution in [1.29, 1.82) is 0 Å². The first-order valence-corrected chi connectivity index (χ1v) is 6.97. The van der Waals surface area contributed by atoms with Crippen LogP contribution in [0.1, 0.15) is 17.3 Å². The van der Waals surface area contributed by atoms with Crippen molar-refractivity contribution in [1.82, 2.24) is 0 Å². The molecule has 0 saturated carbocycles. The second kappa shape index (κ2) is 4.45. The zero-order valence-corrected chi connectivity index (χ0v) is 11.9. The Hall–Kier alpha value is -3.10. The molecule has 4 aromatic carbocycles. The molecular weight excluding hydrogens is 274 g/mol. The van der Waals surface area contributed by atoms with E-state index < -0.39 is 0 Å². The number of carbonyl (C=O) groups excluding carboxylic acids is 1. The quantitative estimate of drug-likeness (QED) is 0.152. The lowest BCUT2D eigenvalue weighted by molar-refractivity contribution is 0.101. The van der Waals surface area contributed by atoms with Crippen LogP contribution in [0.3, 0.4) is 0 Å². The summed E-state index contributed by atoms with van der Waals surface area (Å²) in [6.07, 6.45) is 0. The van der Waals surface area contributed by atoms with Gasteiger partial charge in [0.2, 0.25) is 0 Å². The molecule has 4 aromatic rings. The fourth-order valence-corrected chi connectivity index (χ4v) is 3.23. The zero-order chi connectivity index (χ0) is 15.3. The van der Waals surface area contributed by atoms with E-state index in [1.54, 1.807) is 6.92 Å². The topological polar surface area (TPSA) is 65.8 Å². The Bertz CT molecular complexity index is 1030. The Labute approximate surface area is 125 Å². The van der Waals surface area contributed by atoms with E-state index in [-0.39, 0.29) is 5.78 Å². The molecule has 0 atom stereocenters. The summed E-state index contributed by atoms with van der Waals surface area (Å²) in [4.78, 5) is 14.8. The van der Waals surface area contributed by atoms with Gasteiger partial charge >= 0.3 is 0 Å². The van der Waals surface area contributed by atoms with Gasteiger partial charge < -0.3 is 0 Å². The number of carbonyl (C=O) groups is 1. The Morgan fingerprint density at radius 3 is 2.18 bits per heavy atom. The van der Waals surface area contributed by atoms with E-state index in [0.717, 1.165) is 37.9 Å². The first-order valence-electron chi connectivity index (χ1n) is 6.97. The van der Waals surface area contributed by atoms with Crippen molar-refractivity contribution in [2.75, 3.05) is 0 Å². The maximum Gasteiger partial charge on any atom is 0.160 e. The molecule has 0 radical (unpaired) electrons. The minimum absolute atomic E-state index is 0.0493. The highest BCUT2D eigenvalue weighted by molar-refractivity contribution is 6.27. The molecule has 0 heterocycles. The number of rotatable bonds is 2. The third-order valence-corrected chi connectivity index (χ3v) is 4.17. The third-order valence-electron chi connectivity index (χ3n) is 4.17. The summed E-state index contributed by atoms with van der Waals surface area (Å²) in [7, 11) is 0. The average Bonchev–Trinajstić information content (AvgIpc) is 2.53. The number of Topliss-reactive ketones (excluding diaryl/α,β-unsaturated/α-hetero) is 1. The molecule has 0 N–H and O–H groups in total. The maximum absolute atomic E-state index is 11.9. The summed E-state index contributed by atoms with van der Waals surface area (Å²) in [6.45, 7) is 1.58. The van der Waals surface area contributed by atoms with Gasteiger partial charge in [-0.15, -0.1) is 0 Å². The fourth-order valence-electron chi connectivity index (χ4n) is 3.23. The molecule has 0 spiro atoms. The van der Waals surface area contributed by atoms with E-state index in [1.807, 2.05) is 48.5 Å². The SMILES string of the molecule is CC(=O)c1ccc2ccc3c(N=[N+]=[N-])ccc4ccc1c2c43. The number of nitrogens with zero attached hydrogens (tertiary/aromatic N) is 3. The molecule has 104 valence electrons. The molecule has 0 fully saturated rings. The van der Waals surface area contributed by atoms with Gasteiger partial charge in [-0.3, -0.25) is 4.79 Å². The Morgan fingerprint density at radius 2 is 1.50 bits per heavy atom. The van der Waals surface area contributed by atoms with Crippen molar-refractivity contribution < 1.29 is 4.79 Å². The second-order valence-corrected chi connectivity index (χ2v) is 5.37. The van der Waals surface area contributed by atoms with E-state index >= 15 is 0 Å². The van der Waals surface area contributed by atoms with Gasteiger partial charge in [-0.1, -0.05) is 53.6 Å². The maximum atomic E-state index is 11.9. The third kappa shape index (κ3) is 1.59. The van der Waals surface area contributed by atoms with Gasteiger partial charge in [0.05, 0.1) is 0 Å². The van der Waals surface area contributed by atoms with Gasteiger partial charge in [0.15, 0.2) is 5.78 Å². The summed E-state index contributed by atoms with van der Waals surface area (Å²) in [5, 5.41) is 9.89. The fraction of sp³-hybridized carbons (Fsp3) is 0.0556. The lowest BCUT2D eigenvalue weighted by Crippen LogP contribution is -1.95. The van der Waals surface area contributed by atoms with Crippen molar-refractivity contribution in [3.63, 3.8) is 0 Å². The Morgan fingerprint density at radius 1 is 0.909 bits per heavy atom. The average molecular weight is 285 g/mol. The van der Waals surface area contributed by atoms with Crippen LogP contribution in [-0.2, 0) is 0 Å². The molecule has 4 nitrogen and oxygen atoms in total. The van der Waals surface area contributed by atoms with Crippen molar-refractivity contribution in [2.45, 2.75) is 6.92 Å². The molecule has 0 saturated heterocycles. The molecule has 4 rings (SSSR count). The predicted molar refractivity (Wildman–Crippen MR) is 89.0 cm³/mol. The Kier molecular flexibility index (Phi) is 2.55. The van der Waals surface area contributed by atoms with Crippen LogP contribution in [0.5, 0.6) is 0 Å². The number of azide groups is 1. The molecule has 0 amide bonds. The Balaban J connectivity index is 2.32. The molecule has 4 heteroatoms. The highest BCUT2D eigenvalue weighted by Gasteiger charge is 2.13. The van der Waals surface area contributed by atoms with Crippen LogP contribution >= 0.6 is 0 Å². The van der Waals surface area contributed by atoms with Crippen molar-refractivity contribution in [3.05, 3.63) is 64.5 Å². The summed E-state index contributed by atoms with van der Waals surface area (Å²) >= 11 is 0. The van der Waals surface area contributed by atoms with Gasteiger partial charge in [-0.25, -0.2) is 0 Å². The van der Waals surface area contributed by atoms with Gasteiger partial charge in [0.1, 0.15) is 0 Å². The minimum Gasteiger partial charge on any atom is -0.294 e. The molecule has 0 aliphatic heterocycles. The molecular formula is C18H11N3O. The van der Waals surface area contributed by atoms with Crippen LogP contribution in [0.25, 0.3) is 42.8 Å². The van der Waals surface area contributed by atoms with E-state index in [4.69, 9.17) is 5.53 Å². The van der Waals surface area contributed by atoms with Crippen molar-refractivity contribution in [3.8, 4) is 0 Å². The van der Waals surface area contributed by atoms with Crippen LogP contribution in [0.15, 0.2) is 53.6 Å². The smallest absolute Gasteiger partial charge is 0.160 e. The van der Waals surface area contributed by atoms with Gasteiger partial charge in [-0.05, 0) is 44.8 Å². The van der Waals surface area contributed by atoms with Gasteiger partial charge in [-0.2, -0.15) is 0 Å². The van der Waals surface area contributed by atoms with Crippen LogP contribution < -0.4 is 0 Å². The van der Waals surface area contributed by atoms with E-state index in [2.05, 4.69) is 10.0 Å². The highest BCUT2D eigenvalue weighted by atomic mass is 16.1. The lowest BCUT2D eigenvalue weighted by Gasteiger charge is -2.13. The van der Waals surface area contributed by atoms with Gasteiger partial charge in [0, 0.05) is 16.2 Å². The lowest BCUT2D eigenvalue weighted by atomic mass is 9.90. The first-order chi connectivity index (χ1) is 10.7. The monoisotopic (exact) mass is 285 g/mol. The molecule has 0 unspecified atom stereocenters. The van der Waals surface area contributed by atoms with E-state index in [0.29, 0.717) is 5.69 Å². The highest BCUT2D eigenvalue weighted by Crippen LogP contribution is 2.39. The van der Waals surface area contributed by atoms with Crippen molar-refractivity contribution in [2.24, 2.45) is 5.11 Å². The first kappa shape index (κ1) is 12.6. The number of benzene rings is 4. The van der Waals surface area contributed by atoms with E-state index in [9.17, 15) is 4.79 Å². The molecule has 0 aliphatic rings. The standard InChI is InChI=1S/C18H11N3O/c1-10(22)13-6-2-11-4-8-15-16(20-21-19)9-5-12-3-7-14(13)17(11)18(12)15/h2-9H,1H3. The number of ketones is 1. The summed E-state index contributed by atoms with van der Waals surface area (Å²) in [5.74, 6) is 0.0493. The normalized spacial score (nSPS) is 11.1. The zero-order valence-electron chi connectivity index (χ0n) is 11.9. The summed E-state index contributed by atoms with van der Waals surface area (Å²) < 4.78 is 0. The van der Waals surface area contributed by atoms with Crippen molar-refractivity contribution >= 4 is 43.8 Å². The van der Waals surface area contributed by atoms with Gasteiger partial charge in [0.25, 0.3) is 0 Å². The van der Waals surface area contributed by atoms with Crippen LogP contribution in [0.2, 0.25) is 0 Å². The van der Waals surface area contributed by atoms with Crippen LogP contribution in [0.4, 0.5) is 5.69 Å². The van der Waals surface area contributed by atoms with Crippen LogP contribution in [-0.4, -0.2) is 5.78 Å². The largest absolute Gasteiger partial charge is 0.294 e.